The fraction of sp³-hybridized carbons (Fsp3) is 0.105. The van der Waals surface area contributed by atoms with Crippen LogP contribution in [0.3, 0.4) is 0 Å². The van der Waals surface area contributed by atoms with Crippen LogP contribution in [0.5, 0.6) is 0 Å². The van der Waals surface area contributed by atoms with Gasteiger partial charge in [-0.05, 0) is 60.4 Å². The highest BCUT2D eigenvalue weighted by molar-refractivity contribution is 5.79. The Balaban J connectivity index is 1.85. The van der Waals surface area contributed by atoms with E-state index >= 15 is 0 Å². The van der Waals surface area contributed by atoms with Crippen molar-refractivity contribution in [2.24, 2.45) is 0 Å². The molecule has 0 spiro atoms. The largest absolute Gasteiger partial charge is 0.264 e. The fourth-order valence-corrected chi connectivity index (χ4v) is 2.30. The van der Waals surface area contributed by atoms with Gasteiger partial charge in [-0.1, -0.05) is 18.2 Å². The van der Waals surface area contributed by atoms with Crippen LogP contribution in [0.25, 0.3) is 11.6 Å². The molecule has 0 radical (unpaired) electrons. The normalized spacial score (nSPS) is 11.4. The van der Waals surface area contributed by atoms with Gasteiger partial charge in [-0.2, -0.15) is 0 Å². The maximum absolute atomic E-state index is 4.48. The Morgan fingerprint density at radius 3 is 2.41 bits per heavy atom. The predicted octanol–water partition coefficient (Wildman–Crippen LogP) is 4.05. The molecule has 3 aromatic rings. The lowest BCUT2D eigenvalue weighted by molar-refractivity contribution is 0.952. The first-order valence-electron chi connectivity index (χ1n) is 7.34. The van der Waals surface area contributed by atoms with Crippen LogP contribution >= 0.6 is 0 Å². The lowest BCUT2D eigenvalue weighted by atomic mass is 10.0. The van der Waals surface area contributed by atoms with E-state index in [-0.39, 0.29) is 0 Å². The van der Waals surface area contributed by atoms with E-state index in [1.54, 1.807) is 6.20 Å². The maximum atomic E-state index is 4.48. The van der Waals surface area contributed by atoms with Crippen LogP contribution in [0, 0.1) is 0 Å². The summed E-state index contributed by atoms with van der Waals surface area (Å²) in [6.45, 7) is 0. The van der Waals surface area contributed by atoms with Crippen molar-refractivity contribution >= 4 is 11.6 Å². The zero-order chi connectivity index (χ0) is 15.0. The number of pyridine rings is 3. The first-order valence-corrected chi connectivity index (χ1v) is 7.34. The van der Waals surface area contributed by atoms with Crippen LogP contribution in [-0.2, 0) is 6.42 Å². The van der Waals surface area contributed by atoms with Crippen LogP contribution in [-0.4, -0.2) is 15.0 Å². The summed E-state index contributed by atoms with van der Waals surface area (Å²) in [6, 6.07) is 16.0. The molecule has 0 aliphatic heterocycles. The van der Waals surface area contributed by atoms with Gasteiger partial charge in [-0.25, -0.2) is 0 Å². The number of hydrogen-bond acceptors (Lipinski definition) is 3. The van der Waals surface area contributed by atoms with Gasteiger partial charge in [0.2, 0.25) is 0 Å². The van der Waals surface area contributed by atoms with Crippen molar-refractivity contribution in [2.45, 2.75) is 12.8 Å². The molecule has 0 aromatic carbocycles. The Hall–Kier alpha value is -2.81. The van der Waals surface area contributed by atoms with Gasteiger partial charge in [0, 0.05) is 30.5 Å². The molecule has 0 aliphatic carbocycles. The Labute approximate surface area is 130 Å². The first kappa shape index (κ1) is 14.1. The third-order valence-corrected chi connectivity index (χ3v) is 3.40. The number of allylic oxidation sites excluding steroid dienone is 1. The average Bonchev–Trinajstić information content (AvgIpc) is 2.61. The van der Waals surface area contributed by atoms with E-state index in [4.69, 9.17) is 0 Å². The van der Waals surface area contributed by atoms with Gasteiger partial charge in [-0.15, -0.1) is 0 Å². The van der Waals surface area contributed by atoms with E-state index < -0.39 is 0 Å². The molecule has 0 bridgehead atoms. The number of hydrogen-bond donors (Lipinski definition) is 0. The van der Waals surface area contributed by atoms with Crippen molar-refractivity contribution in [3.8, 4) is 0 Å². The van der Waals surface area contributed by atoms with Gasteiger partial charge >= 0.3 is 0 Å². The van der Waals surface area contributed by atoms with Crippen molar-refractivity contribution in [1.82, 2.24) is 15.0 Å². The Bertz CT molecular complexity index is 722. The van der Waals surface area contributed by atoms with E-state index in [0.717, 1.165) is 29.8 Å². The molecular formula is C19H17N3. The highest BCUT2D eigenvalue weighted by atomic mass is 14.7. The predicted molar refractivity (Wildman–Crippen MR) is 88.9 cm³/mol. The Kier molecular flexibility index (Phi) is 4.67. The third-order valence-electron chi connectivity index (χ3n) is 3.40. The minimum Gasteiger partial charge on any atom is -0.264 e. The van der Waals surface area contributed by atoms with E-state index in [1.807, 2.05) is 55.0 Å². The maximum Gasteiger partial charge on any atom is 0.0661 e. The summed E-state index contributed by atoms with van der Waals surface area (Å²) in [7, 11) is 0. The monoisotopic (exact) mass is 287 g/mol. The lowest BCUT2D eigenvalue weighted by Gasteiger charge is -2.07. The summed E-state index contributed by atoms with van der Waals surface area (Å²) < 4.78 is 0. The van der Waals surface area contributed by atoms with Crippen molar-refractivity contribution < 1.29 is 0 Å². The molecule has 0 fully saturated rings. The molecule has 22 heavy (non-hydrogen) atoms. The Morgan fingerprint density at radius 1 is 0.864 bits per heavy atom. The molecule has 0 saturated carbocycles. The average molecular weight is 287 g/mol. The van der Waals surface area contributed by atoms with Crippen LogP contribution < -0.4 is 0 Å². The van der Waals surface area contributed by atoms with E-state index in [9.17, 15) is 0 Å². The molecule has 3 heterocycles. The van der Waals surface area contributed by atoms with E-state index in [2.05, 4.69) is 33.2 Å². The van der Waals surface area contributed by atoms with Crippen LogP contribution in [0.4, 0.5) is 0 Å². The summed E-state index contributed by atoms with van der Waals surface area (Å²) in [5.74, 6) is 0. The first-order chi connectivity index (χ1) is 10.9. The zero-order valence-corrected chi connectivity index (χ0v) is 12.3. The van der Waals surface area contributed by atoms with Gasteiger partial charge in [0.05, 0.1) is 5.69 Å². The molecule has 3 rings (SSSR count). The molecule has 0 unspecified atom stereocenters. The lowest BCUT2D eigenvalue weighted by Crippen LogP contribution is -1.94. The summed E-state index contributed by atoms with van der Waals surface area (Å²) >= 11 is 0. The summed E-state index contributed by atoms with van der Waals surface area (Å²) in [6.07, 6.45) is 11.2. The van der Waals surface area contributed by atoms with E-state index in [1.165, 1.54) is 5.57 Å². The van der Waals surface area contributed by atoms with Crippen LogP contribution in [0.15, 0.2) is 73.3 Å². The molecule has 0 saturated heterocycles. The standard InChI is InChI=1S/C19H17N3/c1-3-12-21-18(7-1)10-9-17(19-8-2-4-13-22-19)14-16-6-5-11-20-15-16/h1-8,11-15H,9-10H2/b17-14-. The third kappa shape index (κ3) is 3.85. The second kappa shape index (κ2) is 7.27. The number of aryl methyl sites for hydroxylation is 1. The molecule has 0 aliphatic rings. The molecule has 0 amide bonds. The summed E-state index contributed by atoms with van der Waals surface area (Å²) in [4.78, 5) is 13.0. The minimum atomic E-state index is 0.892. The van der Waals surface area contributed by atoms with Gasteiger partial charge in [-0.3, -0.25) is 15.0 Å². The number of rotatable bonds is 5. The molecular weight excluding hydrogens is 270 g/mol. The molecule has 3 heteroatoms. The van der Waals surface area contributed by atoms with Crippen molar-refractivity contribution in [1.29, 1.82) is 0 Å². The van der Waals surface area contributed by atoms with Crippen molar-refractivity contribution in [3.05, 3.63) is 90.3 Å². The van der Waals surface area contributed by atoms with Gasteiger partial charge in [0.25, 0.3) is 0 Å². The van der Waals surface area contributed by atoms with Gasteiger partial charge in [0.1, 0.15) is 0 Å². The molecule has 108 valence electrons. The highest BCUT2D eigenvalue weighted by Crippen LogP contribution is 2.21. The van der Waals surface area contributed by atoms with E-state index in [0.29, 0.717) is 0 Å². The zero-order valence-electron chi connectivity index (χ0n) is 12.3. The second-order valence-corrected chi connectivity index (χ2v) is 4.99. The van der Waals surface area contributed by atoms with Crippen molar-refractivity contribution in [2.75, 3.05) is 0 Å². The number of aromatic nitrogens is 3. The van der Waals surface area contributed by atoms with Gasteiger partial charge in [0.15, 0.2) is 0 Å². The molecule has 3 aromatic heterocycles. The van der Waals surface area contributed by atoms with Crippen molar-refractivity contribution in [3.63, 3.8) is 0 Å². The molecule has 0 N–H and O–H groups in total. The smallest absolute Gasteiger partial charge is 0.0661 e. The quantitative estimate of drug-likeness (QED) is 0.710. The molecule has 0 atom stereocenters. The van der Waals surface area contributed by atoms with Gasteiger partial charge < -0.3 is 0 Å². The highest BCUT2D eigenvalue weighted by Gasteiger charge is 2.05. The summed E-state index contributed by atoms with van der Waals surface area (Å²) in [5.41, 5.74) is 4.38. The minimum absolute atomic E-state index is 0.892. The Morgan fingerprint density at radius 2 is 1.73 bits per heavy atom. The SMILES string of the molecule is C(=C(\CCc1ccccn1)c1ccccn1)/c1cccnc1. The van der Waals surface area contributed by atoms with Crippen LogP contribution in [0.2, 0.25) is 0 Å². The van der Waals surface area contributed by atoms with Crippen LogP contribution in [0.1, 0.15) is 23.4 Å². The molecule has 3 nitrogen and oxygen atoms in total. The topological polar surface area (TPSA) is 38.7 Å². The number of nitrogens with zero attached hydrogens (tertiary/aromatic N) is 3. The second-order valence-electron chi connectivity index (χ2n) is 4.99. The fourth-order valence-electron chi connectivity index (χ4n) is 2.30. The summed E-state index contributed by atoms with van der Waals surface area (Å²) in [5, 5.41) is 0.